The van der Waals surface area contributed by atoms with Gasteiger partial charge in [-0.1, -0.05) is 13.8 Å². The summed E-state index contributed by atoms with van der Waals surface area (Å²) in [6, 6.07) is -3.04. The molecule has 1 aromatic rings. The number of hydrogen-bond acceptors (Lipinski definition) is 8. The van der Waals surface area contributed by atoms with Gasteiger partial charge < -0.3 is 36.1 Å². The van der Waals surface area contributed by atoms with Crippen LogP contribution in [0.5, 0.6) is 0 Å². The molecule has 126 valence electrons. The summed E-state index contributed by atoms with van der Waals surface area (Å²) in [5.41, 5.74) is 5.44. The van der Waals surface area contributed by atoms with Crippen molar-refractivity contribution in [2.24, 2.45) is 5.73 Å². The first-order valence-electron chi connectivity index (χ1n) is 6.54. The zero-order valence-electron chi connectivity index (χ0n) is 12.3. The Hall–Kier alpha value is -2.24. The molecule has 0 fully saturated rings. The van der Waals surface area contributed by atoms with E-state index in [1.165, 1.54) is 0 Å². The fourth-order valence-electron chi connectivity index (χ4n) is 1.12. The van der Waals surface area contributed by atoms with E-state index in [2.05, 4.69) is 15.5 Å². The molecule has 1 rings (SSSR count). The molecule has 22 heavy (non-hydrogen) atoms. The number of nitrogens with two attached hydrogens (primary N) is 1. The van der Waals surface area contributed by atoms with E-state index < -0.39 is 30.7 Å². The van der Waals surface area contributed by atoms with Crippen LogP contribution < -0.4 is 16.4 Å². The van der Waals surface area contributed by atoms with E-state index in [1.54, 1.807) is 0 Å². The van der Waals surface area contributed by atoms with Crippen LogP contribution in [0.2, 0.25) is 0 Å². The van der Waals surface area contributed by atoms with Gasteiger partial charge in [-0.2, -0.15) is 0 Å². The molecule has 0 saturated carbocycles. The van der Waals surface area contributed by atoms with Gasteiger partial charge >= 0.3 is 12.0 Å². The van der Waals surface area contributed by atoms with Crippen LogP contribution in [0.25, 0.3) is 0 Å². The van der Waals surface area contributed by atoms with Crippen molar-refractivity contribution in [2.75, 3.05) is 13.2 Å². The number of rotatable bonds is 7. The number of aliphatic hydroxyl groups excluding tert-OH is 2. The molecule has 7 N–H and O–H groups in total. The molecule has 11 nitrogen and oxygen atoms in total. The SMILES string of the molecule is CC.NC(CO)c1nnc(CNC(=O)N[C@@H](CO)C(=O)O)o1. The summed E-state index contributed by atoms with van der Waals surface area (Å²) < 4.78 is 5.05. The number of hydrogen-bond donors (Lipinski definition) is 6. The summed E-state index contributed by atoms with van der Waals surface area (Å²) in [6.45, 7) is 2.74. The number of aliphatic carboxylic acids is 1. The monoisotopic (exact) mass is 319 g/mol. The highest BCUT2D eigenvalue weighted by Crippen LogP contribution is 2.07. The third-order valence-corrected chi connectivity index (χ3v) is 2.18. The molecule has 11 heteroatoms. The molecule has 0 aliphatic rings. The molecule has 0 spiro atoms. The molecule has 0 aliphatic heterocycles. The number of carbonyl (C=O) groups is 2. The highest BCUT2D eigenvalue weighted by atomic mass is 16.4. The number of amides is 2. The van der Waals surface area contributed by atoms with E-state index in [1.807, 2.05) is 19.2 Å². The van der Waals surface area contributed by atoms with E-state index in [0.29, 0.717) is 0 Å². The van der Waals surface area contributed by atoms with Crippen molar-refractivity contribution in [2.45, 2.75) is 32.5 Å². The highest BCUT2D eigenvalue weighted by Gasteiger charge is 2.19. The molecule has 0 bridgehead atoms. The largest absolute Gasteiger partial charge is 0.480 e. The molecule has 2 atom stereocenters. The first kappa shape index (κ1) is 19.8. The maximum atomic E-state index is 11.3. The van der Waals surface area contributed by atoms with Crippen molar-refractivity contribution < 1.29 is 29.3 Å². The van der Waals surface area contributed by atoms with Crippen LogP contribution in [0.4, 0.5) is 4.79 Å². The summed E-state index contributed by atoms with van der Waals surface area (Å²) in [5, 5.41) is 37.5. The quantitative estimate of drug-likeness (QED) is 0.342. The number of carboxylic acids is 1. The predicted molar refractivity (Wildman–Crippen MR) is 73.5 cm³/mol. The number of nitrogens with one attached hydrogen (secondary N) is 2. The molecular formula is C11H21N5O6. The third-order valence-electron chi connectivity index (χ3n) is 2.18. The molecule has 0 saturated heterocycles. The van der Waals surface area contributed by atoms with Gasteiger partial charge in [-0.05, 0) is 0 Å². The minimum atomic E-state index is -1.41. The van der Waals surface area contributed by atoms with E-state index >= 15 is 0 Å². The second kappa shape index (κ2) is 10.5. The van der Waals surface area contributed by atoms with Crippen LogP contribution in [0.3, 0.4) is 0 Å². The van der Waals surface area contributed by atoms with Crippen LogP contribution in [-0.4, -0.2) is 56.8 Å². The van der Waals surface area contributed by atoms with Crippen molar-refractivity contribution in [1.82, 2.24) is 20.8 Å². The lowest BCUT2D eigenvalue weighted by molar-refractivity contribution is -0.140. The average molecular weight is 319 g/mol. The van der Waals surface area contributed by atoms with Crippen LogP contribution >= 0.6 is 0 Å². The van der Waals surface area contributed by atoms with Crippen LogP contribution in [0.1, 0.15) is 31.7 Å². The minimum Gasteiger partial charge on any atom is -0.480 e. The first-order valence-corrected chi connectivity index (χ1v) is 6.54. The summed E-state index contributed by atoms with van der Waals surface area (Å²) >= 11 is 0. The van der Waals surface area contributed by atoms with Gasteiger partial charge in [0.25, 0.3) is 0 Å². The number of carboxylic acid groups (broad SMARTS) is 1. The number of carbonyl (C=O) groups excluding carboxylic acids is 1. The smallest absolute Gasteiger partial charge is 0.328 e. The van der Waals surface area contributed by atoms with Crippen molar-refractivity contribution in [1.29, 1.82) is 0 Å². The van der Waals surface area contributed by atoms with Gasteiger partial charge in [-0.25, -0.2) is 9.59 Å². The minimum absolute atomic E-state index is 0.0171. The van der Waals surface area contributed by atoms with Crippen molar-refractivity contribution >= 4 is 12.0 Å². The molecule has 0 radical (unpaired) electrons. The Morgan fingerprint density at radius 3 is 2.41 bits per heavy atom. The first-order chi connectivity index (χ1) is 10.5. The maximum absolute atomic E-state index is 11.3. The van der Waals surface area contributed by atoms with Gasteiger partial charge in [0.05, 0.1) is 19.8 Å². The number of urea groups is 1. The fraction of sp³-hybridized carbons (Fsp3) is 0.636. The Kier molecular flexibility index (Phi) is 9.41. The Labute approximate surface area is 126 Å². The molecule has 1 aromatic heterocycles. The van der Waals surface area contributed by atoms with Gasteiger partial charge in [-0.3, -0.25) is 0 Å². The second-order valence-electron chi connectivity index (χ2n) is 3.72. The summed E-state index contributed by atoms with van der Waals surface area (Å²) in [4.78, 5) is 21.9. The van der Waals surface area contributed by atoms with Crippen molar-refractivity contribution in [3.05, 3.63) is 11.8 Å². The summed E-state index contributed by atoms with van der Waals surface area (Å²) in [7, 11) is 0. The topological polar surface area (TPSA) is 184 Å². The molecule has 1 unspecified atom stereocenters. The lowest BCUT2D eigenvalue weighted by atomic mass is 10.3. The summed E-state index contributed by atoms with van der Waals surface area (Å²) in [5.74, 6) is -1.31. The highest BCUT2D eigenvalue weighted by molar-refractivity contribution is 5.82. The number of aromatic nitrogens is 2. The summed E-state index contributed by atoms with van der Waals surface area (Å²) in [6.07, 6.45) is 0. The Balaban J connectivity index is 0.00000211. The molecule has 2 amide bonds. The molecular weight excluding hydrogens is 298 g/mol. The lowest BCUT2D eigenvalue weighted by Crippen LogP contribution is -2.47. The predicted octanol–water partition coefficient (Wildman–Crippen LogP) is -1.67. The normalized spacial score (nSPS) is 12.6. The number of aliphatic hydroxyl groups is 2. The van der Waals surface area contributed by atoms with Gasteiger partial charge in [0.1, 0.15) is 6.04 Å². The van der Waals surface area contributed by atoms with Gasteiger partial charge in [0.2, 0.25) is 11.8 Å². The standard InChI is InChI=1S/C9H15N5O6.C2H6/c10-4(2-15)7-14-13-6(20-7)1-11-9(19)12-5(3-16)8(17)18;1-2/h4-5,15-16H,1-3,10H2,(H,17,18)(H2,11,12,19);1-2H3/t4?,5-;/m0./s1. The van der Waals surface area contributed by atoms with E-state index in [4.69, 9.17) is 25.5 Å². The zero-order valence-corrected chi connectivity index (χ0v) is 12.3. The van der Waals surface area contributed by atoms with Gasteiger partial charge in [0.15, 0.2) is 6.04 Å². The zero-order chi connectivity index (χ0) is 17.1. The van der Waals surface area contributed by atoms with E-state index in [-0.39, 0.29) is 24.9 Å². The maximum Gasteiger partial charge on any atom is 0.328 e. The Morgan fingerprint density at radius 2 is 1.91 bits per heavy atom. The van der Waals surface area contributed by atoms with E-state index in [0.717, 1.165) is 0 Å². The third kappa shape index (κ3) is 6.47. The lowest BCUT2D eigenvalue weighted by Gasteiger charge is -2.11. The van der Waals surface area contributed by atoms with Crippen molar-refractivity contribution in [3.63, 3.8) is 0 Å². The van der Waals surface area contributed by atoms with Crippen LogP contribution in [0, 0.1) is 0 Å². The molecule has 1 heterocycles. The second-order valence-corrected chi connectivity index (χ2v) is 3.72. The van der Waals surface area contributed by atoms with E-state index in [9.17, 15) is 9.59 Å². The van der Waals surface area contributed by atoms with Gasteiger partial charge in [-0.15, -0.1) is 10.2 Å². The molecule has 0 aliphatic carbocycles. The number of nitrogens with zero attached hydrogens (tertiary/aromatic N) is 2. The average Bonchev–Trinajstić information content (AvgIpc) is 3.00. The van der Waals surface area contributed by atoms with Crippen molar-refractivity contribution in [3.8, 4) is 0 Å². The van der Waals surface area contributed by atoms with Crippen LogP contribution in [0.15, 0.2) is 4.42 Å². The Bertz CT molecular complexity index is 466. The van der Waals surface area contributed by atoms with Gasteiger partial charge in [0, 0.05) is 0 Å². The van der Waals surface area contributed by atoms with Crippen LogP contribution in [-0.2, 0) is 11.3 Å². The molecule has 0 aromatic carbocycles. The Morgan fingerprint density at radius 1 is 1.27 bits per heavy atom. The fourth-order valence-corrected chi connectivity index (χ4v) is 1.12.